The van der Waals surface area contributed by atoms with E-state index in [1.165, 1.54) is 0 Å². The molecule has 0 radical (unpaired) electrons. The molecule has 0 unspecified atom stereocenters. The third-order valence-corrected chi connectivity index (χ3v) is 12.3. The first-order valence-corrected chi connectivity index (χ1v) is 22.2. The highest BCUT2D eigenvalue weighted by Gasteiger charge is 2.17. The zero-order valence-electron chi connectivity index (χ0n) is 36.5. The van der Waals surface area contributed by atoms with Gasteiger partial charge in [-0.05, 0) is 123 Å². The zero-order valence-corrected chi connectivity index (χ0v) is 36.5. The minimum absolute atomic E-state index is 0.105. The van der Waals surface area contributed by atoms with Crippen molar-refractivity contribution in [2.45, 2.75) is 19.8 Å². The van der Waals surface area contributed by atoms with Gasteiger partial charge in [-0.2, -0.15) is 0 Å². The number of rotatable bonds is 12. The number of carbonyl (C=O) groups is 1. The van der Waals surface area contributed by atoms with Crippen LogP contribution in [-0.2, 0) is 11.2 Å². The molecule has 0 saturated carbocycles. The van der Waals surface area contributed by atoms with Crippen LogP contribution in [0.4, 0.5) is 0 Å². The summed E-state index contributed by atoms with van der Waals surface area (Å²) < 4.78 is 0. The van der Waals surface area contributed by atoms with Gasteiger partial charge in [-0.25, -0.2) is 9.97 Å². The average Bonchev–Trinajstić information content (AvgIpc) is 3.37. The molecule has 1 N–H and O–H groups in total. The summed E-state index contributed by atoms with van der Waals surface area (Å²) in [7, 11) is 1.84. The van der Waals surface area contributed by atoms with Gasteiger partial charge in [-0.1, -0.05) is 170 Å². The van der Waals surface area contributed by atoms with Gasteiger partial charge in [0.1, 0.15) is 0 Å². The Hall–Kier alpha value is -8.21. The fourth-order valence-corrected chi connectivity index (χ4v) is 8.83. The van der Waals surface area contributed by atoms with Crippen LogP contribution in [0.25, 0.3) is 100.0 Å². The Morgan fingerprint density at radius 1 is 0.431 bits per heavy atom. The molecule has 0 atom stereocenters. The number of fused-ring (bicyclic) bond motifs is 2. The molecule has 65 heavy (non-hydrogen) atoms. The van der Waals surface area contributed by atoms with E-state index in [-0.39, 0.29) is 5.78 Å². The highest BCUT2D eigenvalue weighted by molar-refractivity contribution is 5.94. The van der Waals surface area contributed by atoms with E-state index >= 15 is 0 Å². The van der Waals surface area contributed by atoms with Crippen molar-refractivity contribution in [3.8, 4) is 78.1 Å². The maximum Gasteiger partial charge on any atom is 0.157 e. The van der Waals surface area contributed by atoms with Gasteiger partial charge in [0.2, 0.25) is 0 Å². The molecule has 10 aromatic rings. The molecular weight excluding hydrogens is 791 g/mol. The van der Waals surface area contributed by atoms with Gasteiger partial charge in [0.05, 0.1) is 22.4 Å². The lowest BCUT2D eigenvalue weighted by Gasteiger charge is -2.18. The van der Waals surface area contributed by atoms with Crippen LogP contribution in [0.15, 0.2) is 224 Å². The molecule has 0 saturated heterocycles. The van der Waals surface area contributed by atoms with E-state index in [2.05, 4.69) is 193 Å². The number of pyridine rings is 2. The molecule has 312 valence electrons. The van der Waals surface area contributed by atoms with Crippen LogP contribution in [0.1, 0.15) is 18.9 Å². The van der Waals surface area contributed by atoms with Crippen LogP contribution >= 0.6 is 0 Å². The van der Waals surface area contributed by atoms with Crippen molar-refractivity contribution in [3.63, 3.8) is 0 Å². The highest BCUT2D eigenvalue weighted by Crippen LogP contribution is 2.41. The molecule has 4 heteroatoms. The largest absolute Gasteiger partial charge is 0.392 e. The van der Waals surface area contributed by atoms with Crippen molar-refractivity contribution in [1.82, 2.24) is 15.3 Å². The van der Waals surface area contributed by atoms with Gasteiger partial charge in [-0.3, -0.25) is 4.79 Å². The maximum atomic E-state index is 13.0. The number of ketones is 1. The first-order chi connectivity index (χ1) is 32.0. The van der Waals surface area contributed by atoms with Crippen LogP contribution in [0.2, 0.25) is 0 Å². The predicted octanol–water partition coefficient (Wildman–Crippen LogP) is 15.1. The third kappa shape index (κ3) is 8.75. The number of hydrogen-bond acceptors (Lipinski definition) is 4. The standard InChI is InChI=1S/C61H47N3O/c1-41(62-2)37-52(65)34-31-42-13-3-6-16-53(42)49-38-50(56-19-9-7-17-54(56)43-23-27-47(28-24-43)60-35-32-45-14-4-11-21-58(45)63-60)40-51(39-49)57-20-10-8-18-55(57)44-25-29-48(30-26-44)61-36-33-46-15-5-12-22-59(46)64-61/h3-30,32-33,35-40,62H,31,34H2,1-2H3/b41-37-. The summed E-state index contributed by atoms with van der Waals surface area (Å²) >= 11 is 0. The monoisotopic (exact) mass is 837 g/mol. The van der Waals surface area contributed by atoms with Gasteiger partial charge in [0.25, 0.3) is 0 Å². The average molecular weight is 838 g/mol. The lowest BCUT2D eigenvalue weighted by atomic mass is 9.86. The summed E-state index contributed by atoms with van der Waals surface area (Å²) in [5.74, 6) is 0.105. The van der Waals surface area contributed by atoms with Crippen molar-refractivity contribution in [1.29, 1.82) is 0 Å². The second-order valence-electron chi connectivity index (χ2n) is 16.5. The lowest BCUT2D eigenvalue weighted by Crippen LogP contribution is -2.06. The first kappa shape index (κ1) is 40.8. The van der Waals surface area contributed by atoms with E-state index in [0.717, 1.165) is 111 Å². The first-order valence-electron chi connectivity index (χ1n) is 22.2. The van der Waals surface area contributed by atoms with Gasteiger partial charge in [0.15, 0.2) is 5.78 Å². The van der Waals surface area contributed by atoms with Crippen LogP contribution in [0.5, 0.6) is 0 Å². The van der Waals surface area contributed by atoms with Crippen molar-refractivity contribution in [2.75, 3.05) is 7.05 Å². The van der Waals surface area contributed by atoms with E-state index in [1.807, 2.05) is 38.2 Å². The second-order valence-corrected chi connectivity index (χ2v) is 16.5. The number of nitrogens with zero attached hydrogens (tertiary/aromatic N) is 2. The minimum atomic E-state index is 0.105. The molecule has 0 aliphatic carbocycles. The zero-order chi connectivity index (χ0) is 44.1. The van der Waals surface area contributed by atoms with E-state index in [9.17, 15) is 4.79 Å². The Balaban J connectivity index is 1.06. The molecule has 8 aromatic carbocycles. The van der Waals surface area contributed by atoms with Gasteiger partial charge in [-0.15, -0.1) is 0 Å². The van der Waals surface area contributed by atoms with Gasteiger partial charge >= 0.3 is 0 Å². The summed E-state index contributed by atoms with van der Waals surface area (Å²) in [6.07, 6.45) is 2.75. The van der Waals surface area contributed by atoms with Crippen molar-refractivity contribution < 1.29 is 4.79 Å². The Labute approximate surface area is 380 Å². The summed E-state index contributed by atoms with van der Waals surface area (Å²) in [6, 6.07) is 75.3. The Kier molecular flexibility index (Phi) is 11.5. The Bertz CT molecular complexity index is 3200. The molecule has 0 bridgehead atoms. The SMILES string of the molecule is CN/C(C)=C\C(=O)CCc1ccccc1-c1cc(-c2ccccc2-c2ccc(-c3ccc4ccccc4n3)cc2)cc(-c2ccccc2-c2ccc(-c3ccc4ccccc4n3)cc2)c1. The van der Waals surface area contributed by atoms with E-state index in [0.29, 0.717) is 12.8 Å². The molecule has 0 aliphatic rings. The molecule has 2 heterocycles. The maximum absolute atomic E-state index is 13.0. The van der Waals surface area contributed by atoms with Crippen LogP contribution < -0.4 is 5.32 Å². The summed E-state index contributed by atoms with van der Waals surface area (Å²) in [5.41, 5.74) is 19.3. The number of allylic oxidation sites excluding steroid dienone is 2. The topological polar surface area (TPSA) is 54.9 Å². The highest BCUT2D eigenvalue weighted by atomic mass is 16.1. The number of nitrogens with one attached hydrogen (secondary N) is 1. The Morgan fingerprint density at radius 3 is 1.29 bits per heavy atom. The van der Waals surface area contributed by atoms with Gasteiger partial charge in [0, 0.05) is 41.1 Å². The Morgan fingerprint density at radius 2 is 0.815 bits per heavy atom. The molecule has 2 aromatic heterocycles. The van der Waals surface area contributed by atoms with E-state index < -0.39 is 0 Å². The van der Waals surface area contributed by atoms with Crippen LogP contribution in [0.3, 0.4) is 0 Å². The fraction of sp³-hybridized carbons (Fsp3) is 0.0656. The van der Waals surface area contributed by atoms with Crippen LogP contribution in [0, 0.1) is 0 Å². The van der Waals surface area contributed by atoms with Crippen molar-refractivity contribution >= 4 is 27.6 Å². The fourth-order valence-electron chi connectivity index (χ4n) is 8.83. The van der Waals surface area contributed by atoms with Crippen molar-refractivity contribution in [2.24, 2.45) is 0 Å². The molecular formula is C61H47N3O. The number of aromatic nitrogens is 2. The number of aryl methyl sites for hydroxylation is 1. The number of hydrogen-bond donors (Lipinski definition) is 1. The number of carbonyl (C=O) groups excluding carboxylic acids is 1. The predicted molar refractivity (Wildman–Crippen MR) is 271 cm³/mol. The van der Waals surface area contributed by atoms with E-state index in [4.69, 9.17) is 9.97 Å². The van der Waals surface area contributed by atoms with E-state index in [1.54, 1.807) is 6.08 Å². The third-order valence-electron chi connectivity index (χ3n) is 12.3. The van der Waals surface area contributed by atoms with Gasteiger partial charge < -0.3 is 5.32 Å². The minimum Gasteiger partial charge on any atom is -0.392 e. The normalized spacial score (nSPS) is 11.5. The molecule has 0 fully saturated rings. The summed E-state index contributed by atoms with van der Waals surface area (Å²) in [5, 5.41) is 5.34. The smallest absolute Gasteiger partial charge is 0.157 e. The molecule has 0 spiro atoms. The van der Waals surface area contributed by atoms with Crippen molar-refractivity contribution in [3.05, 3.63) is 230 Å². The number of benzene rings is 8. The second kappa shape index (κ2) is 18.3. The molecule has 0 amide bonds. The molecule has 4 nitrogen and oxygen atoms in total. The lowest BCUT2D eigenvalue weighted by molar-refractivity contribution is -0.114. The molecule has 10 rings (SSSR count). The molecule has 0 aliphatic heterocycles. The number of para-hydroxylation sites is 2. The van der Waals surface area contributed by atoms with Crippen LogP contribution in [-0.4, -0.2) is 22.8 Å². The summed E-state index contributed by atoms with van der Waals surface area (Å²) in [4.78, 5) is 23.0. The summed E-state index contributed by atoms with van der Waals surface area (Å²) in [6.45, 7) is 1.92. The quantitative estimate of drug-likeness (QED) is 0.125.